The van der Waals surface area contributed by atoms with Gasteiger partial charge in [0, 0.05) is 13.1 Å². The monoisotopic (exact) mass is 290 g/mol. The number of amides is 1. The van der Waals surface area contributed by atoms with E-state index >= 15 is 0 Å². The molecule has 0 aromatic carbocycles. The second kappa shape index (κ2) is 7.85. The molecule has 1 atom stereocenters. The topological polar surface area (TPSA) is 66.5 Å². The smallest absolute Gasteiger partial charge is 0.239 e. The molecule has 0 saturated carbocycles. The lowest BCUT2D eigenvalue weighted by molar-refractivity contribution is -0.133. The van der Waals surface area contributed by atoms with Crippen LogP contribution in [0, 0.1) is 0 Å². The van der Waals surface area contributed by atoms with Crippen molar-refractivity contribution in [2.24, 2.45) is 0 Å². The van der Waals surface area contributed by atoms with Crippen molar-refractivity contribution in [3.05, 3.63) is 0 Å². The maximum Gasteiger partial charge on any atom is 0.239 e. The Balaban J connectivity index is 2.51. The second-order valence-corrected chi connectivity index (χ2v) is 7.39. The fourth-order valence-electron chi connectivity index (χ4n) is 2.31. The molecule has 1 unspecified atom stereocenters. The first-order chi connectivity index (χ1) is 9.00. The number of rotatable bonds is 7. The van der Waals surface area contributed by atoms with Crippen LogP contribution in [-0.2, 0) is 14.6 Å². The Morgan fingerprint density at radius 1 is 1.21 bits per heavy atom. The van der Waals surface area contributed by atoms with Crippen LogP contribution in [0.5, 0.6) is 0 Å². The van der Waals surface area contributed by atoms with Crippen LogP contribution in [0.1, 0.15) is 39.5 Å². The zero-order chi connectivity index (χ0) is 14.3. The largest absolute Gasteiger partial charge is 0.339 e. The maximum absolute atomic E-state index is 12.4. The Hall–Kier alpha value is -0.620. The van der Waals surface area contributed by atoms with Crippen LogP contribution in [0.2, 0.25) is 0 Å². The highest BCUT2D eigenvalue weighted by Gasteiger charge is 2.28. The number of carbonyl (C=O) groups excluding carboxylic acids is 1. The standard InChI is InChI=1S/C13H26N2O3S/c1-3-5-6-7-12(14-4-2)13(16)15-8-10-19(17,18)11-9-15/h12,14H,3-11H2,1-2H3. The lowest BCUT2D eigenvalue weighted by Crippen LogP contribution is -2.51. The summed E-state index contributed by atoms with van der Waals surface area (Å²) in [6.07, 6.45) is 4.13. The number of sulfone groups is 1. The van der Waals surface area contributed by atoms with Crippen molar-refractivity contribution in [1.82, 2.24) is 10.2 Å². The third-order valence-corrected chi connectivity index (χ3v) is 5.11. The van der Waals surface area contributed by atoms with Crippen molar-refractivity contribution >= 4 is 15.7 Å². The number of nitrogens with zero attached hydrogens (tertiary/aromatic N) is 1. The number of hydrogen-bond acceptors (Lipinski definition) is 4. The van der Waals surface area contributed by atoms with Gasteiger partial charge in [-0.1, -0.05) is 33.1 Å². The summed E-state index contributed by atoms with van der Waals surface area (Å²) in [6, 6.07) is -0.155. The highest BCUT2D eigenvalue weighted by molar-refractivity contribution is 7.91. The van der Waals surface area contributed by atoms with Crippen molar-refractivity contribution in [2.45, 2.75) is 45.6 Å². The van der Waals surface area contributed by atoms with Gasteiger partial charge in [0.25, 0.3) is 0 Å². The average molecular weight is 290 g/mol. The van der Waals surface area contributed by atoms with Gasteiger partial charge in [-0.25, -0.2) is 8.42 Å². The van der Waals surface area contributed by atoms with Gasteiger partial charge < -0.3 is 10.2 Å². The van der Waals surface area contributed by atoms with E-state index in [4.69, 9.17) is 0 Å². The molecule has 19 heavy (non-hydrogen) atoms. The van der Waals surface area contributed by atoms with Gasteiger partial charge >= 0.3 is 0 Å². The minimum atomic E-state index is -2.92. The molecule has 1 aliphatic rings. The summed E-state index contributed by atoms with van der Waals surface area (Å²) in [5, 5.41) is 3.22. The molecule has 1 N–H and O–H groups in total. The van der Waals surface area contributed by atoms with Gasteiger partial charge in [0.1, 0.15) is 0 Å². The average Bonchev–Trinajstić information content (AvgIpc) is 2.37. The molecule has 112 valence electrons. The molecule has 0 aromatic rings. The first-order valence-electron chi connectivity index (χ1n) is 7.22. The van der Waals surface area contributed by atoms with Crippen LogP contribution < -0.4 is 5.32 Å². The van der Waals surface area contributed by atoms with Crippen LogP contribution in [0.3, 0.4) is 0 Å². The van der Waals surface area contributed by atoms with E-state index in [9.17, 15) is 13.2 Å². The molecule has 0 aliphatic carbocycles. The molecule has 0 spiro atoms. The van der Waals surface area contributed by atoms with Crippen LogP contribution in [0.15, 0.2) is 0 Å². The van der Waals surface area contributed by atoms with E-state index in [1.807, 2.05) is 6.92 Å². The summed E-state index contributed by atoms with van der Waals surface area (Å²) < 4.78 is 22.7. The predicted octanol–water partition coefficient (Wildman–Crippen LogP) is 0.802. The van der Waals surface area contributed by atoms with Gasteiger partial charge in [0.05, 0.1) is 17.5 Å². The van der Waals surface area contributed by atoms with Crippen molar-refractivity contribution in [2.75, 3.05) is 31.1 Å². The molecule has 1 rings (SSSR count). The van der Waals surface area contributed by atoms with Crippen molar-refractivity contribution in [3.63, 3.8) is 0 Å². The van der Waals surface area contributed by atoms with Crippen molar-refractivity contribution < 1.29 is 13.2 Å². The first-order valence-corrected chi connectivity index (χ1v) is 9.05. The van der Waals surface area contributed by atoms with E-state index in [1.54, 1.807) is 4.90 Å². The van der Waals surface area contributed by atoms with Gasteiger partial charge in [0.15, 0.2) is 9.84 Å². The Bertz CT molecular complexity index is 367. The second-order valence-electron chi connectivity index (χ2n) is 5.08. The van der Waals surface area contributed by atoms with Crippen LogP contribution in [0.4, 0.5) is 0 Å². The van der Waals surface area contributed by atoms with Crippen LogP contribution >= 0.6 is 0 Å². The Kier molecular flexibility index (Phi) is 6.79. The normalized spacial score (nSPS) is 20.2. The zero-order valence-electron chi connectivity index (χ0n) is 12.0. The Morgan fingerprint density at radius 2 is 1.84 bits per heavy atom. The molecule has 1 aliphatic heterocycles. The number of carbonyl (C=O) groups is 1. The molecule has 0 aromatic heterocycles. The molecule has 0 radical (unpaired) electrons. The number of unbranched alkanes of at least 4 members (excludes halogenated alkanes) is 2. The highest BCUT2D eigenvalue weighted by Crippen LogP contribution is 2.10. The molecular formula is C13H26N2O3S. The fraction of sp³-hybridized carbons (Fsp3) is 0.923. The number of hydrogen-bond donors (Lipinski definition) is 1. The number of likely N-dealkylation sites (N-methyl/N-ethyl adjacent to an activating group) is 1. The summed E-state index contributed by atoms with van der Waals surface area (Å²) in [7, 11) is -2.92. The summed E-state index contributed by atoms with van der Waals surface area (Å²) in [5.41, 5.74) is 0. The maximum atomic E-state index is 12.4. The van der Waals surface area contributed by atoms with Crippen LogP contribution in [0.25, 0.3) is 0 Å². The van der Waals surface area contributed by atoms with E-state index in [2.05, 4.69) is 12.2 Å². The number of nitrogens with one attached hydrogen (secondary N) is 1. The molecule has 1 saturated heterocycles. The van der Waals surface area contributed by atoms with Crippen LogP contribution in [-0.4, -0.2) is 56.4 Å². The van der Waals surface area contributed by atoms with E-state index in [0.717, 1.165) is 32.2 Å². The van der Waals surface area contributed by atoms with Gasteiger partial charge in [-0.3, -0.25) is 4.79 Å². The molecule has 6 heteroatoms. The summed E-state index contributed by atoms with van der Waals surface area (Å²) >= 11 is 0. The third-order valence-electron chi connectivity index (χ3n) is 3.50. The SMILES string of the molecule is CCCCCC(NCC)C(=O)N1CCS(=O)(=O)CC1. The van der Waals surface area contributed by atoms with Gasteiger partial charge in [-0.2, -0.15) is 0 Å². The predicted molar refractivity (Wildman–Crippen MR) is 76.8 cm³/mol. The lowest BCUT2D eigenvalue weighted by Gasteiger charge is -2.30. The first kappa shape index (κ1) is 16.4. The van der Waals surface area contributed by atoms with Crippen molar-refractivity contribution in [1.29, 1.82) is 0 Å². The lowest BCUT2D eigenvalue weighted by atomic mass is 10.1. The summed E-state index contributed by atoms with van der Waals surface area (Å²) in [6.45, 7) is 5.57. The third kappa shape index (κ3) is 5.48. The molecule has 1 heterocycles. The van der Waals surface area contributed by atoms with Gasteiger partial charge in [-0.15, -0.1) is 0 Å². The molecule has 0 bridgehead atoms. The zero-order valence-corrected chi connectivity index (χ0v) is 12.8. The summed E-state index contributed by atoms with van der Waals surface area (Å²) in [5.74, 6) is 0.270. The highest BCUT2D eigenvalue weighted by atomic mass is 32.2. The quantitative estimate of drug-likeness (QED) is 0.704. The minimum absolute atomic E-state index is 0.0628. The van der Waals surface area contributed by atoms with E-state index in [0.29, 0.717) is 13.1 Å². The molecule has 5 nitrogen and oxygen atoms in total. The fourth-order valence-corrected chi connectivity index (χ4v) is 3.51. The van der Waals surface area contributed by atoms with E-state index in [-0.39, 0.29) is 23.5 Å². The van der Waals surface area contributed by atoms with E-state index in [1.165, 1.54) is 0 Å². The Labute approximate surface area is 116 Å². The molecule has 1 fully saturated rings. The Morgan fingerprint density at radius 3 is 2.37 bits per heavy atom. The van der Waals surface area contributed by atoms with Gasteiger partial charge in [0.2, 0.25) is 5.91 Å². The minimum Gasteiger partial charge on any atom is -0.339 e. The van der Waals surface area contributed by atoms with Gasteiger partial charge in [-0.05, 0) is 13.0 Å². The summed E-state index contributed by atoms with van der Waals surface area (Å²) in [4.78, 5) is 14.1. The molecular weight excluding hydrogens is 264 g/mol. The van der Waals surface area contributed by atoms with Crippen molar-refractivity contribution in [3.8, 4) is 0 Å². The van der Waals surface area contributed by atoms with E-state index < -0.39 is 9.84 Å². The molecule has 1 amide bonds.